The Bertz CT molecular complexity index is 763. The molecule has 0 unspecified atom stereocenters. The topological polar surface area (TPSA) is 149 Å². The highest BCUT2D eigenvalue weighted by atomic mass is 16.1. The van der Waals surface area contributed by atoms with E-state index in [0.717, 1.165) is 5.69 Å². The van der Waals surface area contributed by atoms with Crippen molar-refractivity contribution >= 4 is 29.1 Å². The molecule has 0 aromatic carbocycles. The van der Waals surface area contributed by atoms with E-state index < -0.39 is 17.9 Å². The number of aryl methyl sites for hydroxylation is 1. The standard InChI is InChI=1S/C15H19N7O2/c1-3-10(13(16)23)21-11-7-19-12(14(17)24)15(22-11)20-9-4-5-18-8(2)6-9/h4-7,10H,3H2,1-2H3,(H2,16,23)(H2,17,24)(H2,18,20,21,22)/t10-/m1/s1. The van der Waals surface area contributed by atoms with Crippen LogP contribution >= 0.6 is 0 Å². The van der Waals surface area contributed by atoms with Crippen LogP contribution in [-0.4, -0.2) is 32.8 Å². The van der Waals surface area contributed by atoms with Crippen molar-refractivity contribution in [3.63, 3.8) is 0 Å². The van der Waals surface area contributed by atoms with Crippen LogP contribution in [-0.2, 0) is 4.79 Å². The number of nitrogens with one attached hydrogen (secondary N) is 2. The first-order valence-corrected chi connectivity index (χ1v) is 7.33. The van der Waals surface area contributed by atoms with Gasteiger partial charge in [-0.15, -0.1) is 0 Å². The Morgan fingerprint density at radius 1 is 1.29 bits per heavy atom. The highest BCUT2D eigenvalue weighted by molar-refractivity contribution is 5.96. The number of pyridine rings is 1. The number of rotatable bonds is 7. The fourth-order valence-corrected chi connectivity index (χ4v) is 2.04. The maximum absolute atomic E-state index is 11.5. The molecule has 0 radical (unpaired) electrons. The molecule has 9 nitrogen and oxygen atoms in total. The molecule has 0 aliphatic rings. The number of hydrogen-bond donors (Lipinski definition) is 4. The normalized spacial score (nSPS) is 11.6. The summed E-state index contributed by atoms with van der Waals surface area (Å²) in [6, 6.07) is 2.91. The maximum atomic E-state index is 11.5. The monoisotopic (exact) mass is 329 g/mol. The molecule has 2 amide bonds. The van der Waals surface area contributed by atoms with Gasteiger partial charge in [-0.05, 0) is 25.5 Å². The van der Waals surface area contributed by atoms with Crippen molar-refractivity contribution in [2.75, 3.05) is 10.6 Å². The van der Waals surface area contributed by atoms with Crippen LogP contribution in [0.5, 0.6) is 0 Å². The van der Waals surface area contributed by atoms with Crippen molar-refractivity contribution in [3.8, 4) is 0 Å². The van der Waals surface area contributed by atoms with Crippen LogP contribution in [0.15, 0.2) is 24.5 Å². The second kappa shape index (κ2) is 7.36. The van der Waals surface area contributed by atoms with E-state index in [-0.39, 0.29) is 11.5 Å². The number of primary amides is 2. The smallest absolute Gasteiger partial charge is 0.271 e. The second-order valence-electron chi connectivity index (χ2n) is 5.14. The van der Waals surface area contributed by atoms with Gasteiger partial charge in [0.25, 0.3) is 5.91 Å². The van der Waals surface area contributed by atoms with E-state index in [1.54, 1.807) is 18.3 Å². The van der Waals surface area contributed by atoms with Crippen LogP contribution in [0.1, 0.15) is 29.5 Å². The number of anilines is 3. The van der Waals surface area contributed by atoms with E-state index in [1.165, 1.54) is 6.20 Å². The molecule has 2 aromatic heterocycles. The zero-order chi connectivity index (χ0) is 17.7. The van der Waals surface area contributed by atoms with E-state index in [9.17, 15) is 9.59 Å². The third-order valence-electron chi connectivity index (χ3n) is 3.24. The molecular weight excluding hydrogens is 310 g/mol. The summed E-state index contributed by atoms with van der Waals surface area (Å²) in [5.74, 6) is -0.738. The minimum Gasteiger partial charge on any atom is -0.368 e. The van der Waals surface area contributed by atoms with Crippen LogP contribution in [0, 0.1) is 6.92 Å². The lowest BCUT2D eigenvalue weighted by atomic mass is 10.2. The van der Waals surface area contributed by atoms with Crippen LogP contribution in [0.3, 0.4) is 0 Å². The minimum atomic E-state index is -0.718. The summed E-state index contributed by atoms with van der Waals surface area (Å²) < 4.78 is 0. The van der Waals surface area contributed by atoms with Crippen molar-refractivity contribution in [3.05, 3.63) is 35.9 Å². The number of nitrogens with zero attached hydrogens (tertiary/aromatic N) is 3. The molecule has 0 saturated heterocycles. The van der Waals surface area contributed by atoms with Crippen molar-refractivity contribution in [1.29, 1.82) is 0 Å². The Hall–Kier alpha value is -3.23. The van der Waals surface area contributed by atoms with E-state index in [0.29, 0.717) is 17.9 Å². The average molecular weight is 329 g/mol. The van der Waals surface area contributed by atoms with Gasteiger partial charge in [-0.2, -0.15) is 0 Å². The molecule has 0 saturated carbocycles. The lowest BCUT2D eigenvalue weighted by molar-refractivity contribution is -0.118. The van der Waals surface area contributed by atoms with E-state index in [2.05, 4.69) is 25.6 Å². The molecule has 9 heteroatoms. The van der Waals surface area contributed by atoms with Gasteiger partial charge in [-0.3, -0.25) is 14.6 Å². The minimum absolute atomic E-state index is 0.0119. The summed E-state index contributed by atoms with van der Waals surface area (Å²) in [7, 11) is 0. The molecule has 6 N–H and O–H groups in total. The lowest BCUT2D eigenvalue weighted by Crippen LogP contribution is -2.35. The predicted molar refractivity (Wildman–Crippen MR) is 89.7 cm³/mol. The van der Waals surface area contributed by atoms with Crippen molar-refractivity contribution in [1.82, 2.24) is 15.0 Å². The zero-order valence-corrected chi connectivity index (χ0v) is 13.4. The highest BCUT2D eigenvalue weighted by Crippen LogP contribution is 2.19. The molecular formula is C15H19N7O2. The molecule has 2 rings (SSSR count). The van der Waals surface area contributed by atoms with Gasteiger partial charge in [0.2, 0.25) is 5.91 Å². The number of carbonyl (C=O) groups excluding carboxylic acids is 2. The van der Waals surface area contributed by atoms with E-state index in [1.807, 2.05) is 13.8 Å². The fourth-order valence-electron chi connectivity index (χ4n) is 2.04. The first-order valence-electron chi connectivity index (χ1n) is 7.33. The van der Waals surface area contributed by atoms with Gasteiger partial charge in [0, 0.05) is 17.6 Å². The number of aromatic nitrogens is 3. The van der Waals surface area contributed by atoms with E-state index >= 15 is 0 Å². The number of hydrogen-bond acceptors (Lipinski definition) is 7. The second-order valence-corrected chi connectivity index (χ2v) is 5.14. The van der Waals surface area contributed by atoms with Crippen LogP contribution in [0.4, 0.5) is 17.3 Å². The number of nitrogens with two attached hydrogens (primary N) is 2. The average Bonchev–Trinajstić information content (AvgIpc) is 2.52. The maximum Gasteiger partial charge on any atom is 0.271 e. The highest BCUT2D eigenvalue weighted by Gasteiger charge is 2.17. The van der Waals surface area contributed by atoms with Crippen molar-refractivity contribution in [2.45, 2.75) is 26.3 Å². The molecule has 0 spiro atoms. The third-order valence-corrected chi connectivity index (χ3v) is 3.24. The van der Waals surface area contributed by atoms with Crippen LogP contribution < -0.4 is 22.1 Å². The van der Waals surface area contributed by atoms with Gasteiger partial charge < -0.3 is 22.1 Å². The SMILES string of the molecule is CC[C@@H](Nc1cnc(C(N)=O)c(Nc2ccnc(C)c2)n1)C(N)=O. The third kappa shape index (κ3) is 4.15. The molecule has 24 heavy (non-hydrogen) atoms. The van der Waals surface area contributed by atoms with Crippen molar-refractivity contribution < 1.29 is 9.59 Å². The summed E-state index contributed by atoms with van der Waals surface area (Å²) in [6.45, 7) is 3.65. The molecule has 0 aliphatic heterocycles. The predicted octanol–water partition coefficient (Wildman–Crippen LogP) is 0.698. The fraction of sp³-hybridized carbons (Fsp3) is 0.267. The first kappa shape index (κ1) is 17.1. The van der Waals surface area contributed by atoms with Gasteiger partial charge in [-0.1, -0.05) is 6.92 Å². The molecule has 2 heterocycles. The van der Waals surface area contributed by atoms with Gasteiger partial charge in [0.15, 0.2) is 11.5 Å². The van der Waals surface area contributed by atoms with Crippen LogP contribution in [0.25, 0.3) is 0 Å². The summed E-state index contributed by atoms with van der Waals surface area (Å²) >= 11 is 0. The van der Waals surface area contributed by atoms with Crippen LogP contribution in [0.2, 0.25) is 0 Å². The lowest BCUT2D eigenvalue weighted by Gasteiger charge is -2.15. The largest absolute Gasteiger partial charge is 0.368 e. The zero-order valence-electron chi connectivity index (χ0n) is 13.4. The summed E-state index contributed by atoms with van der Waals surface area (Å²) in [4.78, 5) is 35.3. The Morgan fingerprint density at radius 3 is 2.62 bits per heavy atom. The summed E-state index contributed by atoms with van der Waals surface area (Å²) in [6.07, 6.45) is 3.44. The Morgan fingerprint density at radius 2 is 2.04 bits per heavy atom. The van der Waals surface area contributed by atoms with E-state index in [4.69, 9.17) is 11.5 Å². The summed E-state index contributed by atoms with van der Waals surface area (Å²) in [5.41, 5.74) is 12.1. The van der Waals surface area contributed by atoms with Gasteiger partial charge in [0.1, 0.15) is 11.9 Å². The molecule has 0 aliphatic carbocycles. The molecule has 126 valence electrons. The number of carbonyl (C=O) groups is 2. The molecule has 0 bridgehead atoms. The number of amides is 2. The van der Waals surface area contributed by atoms with Gasteiger partial charge in [0.05, 0.1) is 6.20 Å². The quantitative estimate of drug-likeness (QED) is 0.584. The summed E-state index contributed by atoms with van der Waals surface area (Å²) in [5, 5.41) is 5.86. The molecule has 1 atom stereocenters. The van der Waals surface area contributed by atoms with Gasteiger partial charge in [-0.25, -0.2) is 9.97 Å². The molecule has 2 aromatic rings. The molecule has 0 fully saturated rings. The Balaban J connectivity index is 2.34. The Labute approximate surface area is 138 Å². The first-order chi connectivity index (χ1) is 11.4. The van der Waals surface area contributed by atoms with Crippen molar-refractivity contribution in [2.24, 2.45) is 11.5 Å². The van der Waals surface area contributed by atoms with Gasteiger partial charge >= 0.3 is 0 Å². The Kier molecular flexibility index (Phi) is 5.25.